The number of ketones is 1. The maximum absolute atomic E-state index is 12.7. The second-order valence-corrected chi connectivity index (χ2v) is 9.99. The van der Waals surface area contributed by atoms with Gasteiger partial charge >= 0.3 is 11.9 Å². The number of hydrogen-bond donors (Lipinski definition) is 4. The third-order valence-corrected chi connectivity index (χ3v) is 6.96. The number of carbonyl (C=O) groups excluding carboxylic acids is 1. The van der Waals surface area contributed by atoms with Crippen LogP contribution in [0.25, 0.3) is 0 Å². The van der Waals surface area contributed by atoms with E-state index in [0.29, 0.717) is 13.0 Å². The Morgan fingerprint density at radius 2 is 1.54 bits per heavy atom. The molecule has 1 atom stereocenters. The lowest BCUT2D eigenvalue weighted by atomic mass is 9.93. The molecule has 1 heterocycles. The Balaban J connectivity index is 0.000000459. The monoisotopic (exact) mass is 550 g/mol. The molecule has 39 heavy (non-hydrogen) atoms. The summed E-state index contributed by atoms with van der Waals surface area (Å²) in [6.07, 6.45) is 1.93. The van der Waals surface area contributed by atoms with Crippen LogP contribution in [-0.4, -0.2) is 41.0 Å². The van der Waals surface area contributed by atoms with Gasteiger partial charge in [-0.3, -0.25) is 14.4 Å². The molecule has 0 bridgehead atoms. The van der Waals surface area contributed by atoms with Crippen molar-refractivity contribution < 1.29 is 24.6 Å². The van der Waals surface area contributed by atoms with Crippen LogP contribution >= 0.6 is 11.6 Å². The molecule has 0 saturated carbocycles. The van der Waals surface area contributed by atoms with E-state index in [1.165, 1.54) is 16.7 Å². The van der Waals surface area contributed by atoms with Crippen LogP contribution in [0.15, 0.2) is 66.7 Å². The van der Waals surface area contributed by atoms with Gasteiger partial charge in [0.15, 0.2) is 5.78 Å². The van der Waals surface area contributed by atoms with Crippen LogP contribution in [0.2, 0.25) is 5.02 Å². The van der Waals surface area contributed by atoms with E-state index >= 15 is 0 Å². The van der Waals surface area contributed by atoms with Crippen LogP contribution in [0, 0.1) is 0 Å². The molecule has 0 radical (unpaired) electrons. The molecule has 206 valence electrons. The number of rotatable bonds is 10. The van der Waals surface area contributed by atoms with E-state index in [1.807, 2.05) is 48.5 Å². The molecular formula is C31H35ClN2O5. The van der Waals surface area contributed by atoms with Gasteiger partial charge in [0, 0.05) is 18.5 Å². The Kier molecular flexibility index (Phi) is 11.5. The number of carbonyl (C=O) groups is 3. The van der Waals surface area contributed by atoms with Crippen molar-refractivity contribution in [2.75, 3.05) is 18.4 Å². The Labute approximate surface area is 234 Å². The van der Waals surface area contributed by atoms with Crippen LogP contribution in [-0.2, 0) is 29.0 Å². The molecule has 3 aromatic carbocycles. The topological polar surface area (TPSA) is 116 Å². The molecular weight excluding hydrogens is 516 g/mol. The summed E-state index contributed by atoms with van der Waals surface area (Å²) in [5.41, 5.74) is 6.83. The van der Waals surface area contributed by atoms with Crippen LogP contribution in [0.3, 0.4) is 0 Å². The van der Waals surface area contributed by atoms with Crippen molar-refractivity contribution >= 4 is 35.0 Å². The summed E-state index contributed by atoms with van der Waals surface area (Å²) in [7, 11) is 0. The fraction of sp³-hybridized carbons (Fsp3) is 0.323. The Morgan fingerprint density at radius 3 is 2.18 bits per heavy atom. The van der Waals surface area contributed by atoms with Crippen molar-refractivity contribution in [2.45, 2.75) is 51.5 Å². The second kappa shape index (κ2) is 15.0. The molecule has 3 aromatic rings. The van der Waals surface area contributed by atoms with Crippen molar-refractivity contribution in [3.63, 3.8) is 0 Å². The Bertz CT molecular complexity index is 1250. The minimum atomic E-state index is -1.08. The molecule has 1 aliphatic heterocycles. The van der Waals surface area contributed by atoms with Gasteiger partial charge in [0.25, 0.3) is 0 Å². The first kappa shape index (κ1) is 29.9. The van der Waals surface area contributed by atoms with Crippen molar-refractivity contribution in [1.82, 2.24) is 5.32 Å². The van der Waals surface area contributed by atoms with Gasteiger partial charge in [-0.1, -0.05) is 79.2 Å². The number of fused-ring (bicyclic) bond motifs is 1. The number of aliphatic carboxylic acids is 2. The number of nitrogens with one attached hydrogen (secondary N) is 2. The van der Waals surface area contributed by atoms with Gasteiger partial charge < -0.3 is 20.8 Å². The summed E-state index contributed by atoms with van der Waals surface area (Å²) in [6.45, 7) is 4.76. The lowest BCUT2D eigenvalue weighted by Gasteiger charge is -2.16. The first-order valence-corrected chi connectivity index (χ1v) is 13.5. The van der Waals surface area contributed by atoms with E-state index in [1.54, 1.807) is 0 Å². The molecule has 0 aliphatic carbocycles. The molecule has 8 heteroatoms. The average molecular weight is 551 g/mol. The highest BCUT2D eigenvalue weighted by Crippen LogP contribution is 2.31. The zero-order valence-corrected chi connectivity index (χ0v) is 22.8. The van der Waals surface area contributed by atoms with Crippen LogP contribution in [0.5, 0.6) is 0 Å². The van der Waals surface area contributed by atoms with Crippen molar-refractivity contribution in [2.24, 2.45) is 0 Å². The molecule has 0 spiro atoms. The molecule has 0 fully saturated rings. The zero-order chi connectivity index (χ0) is 28.2. The van der Waals surface area contributed by atoms with Crippen molar-refractivity contribution in [1.29, 1.82) is 0 Å². The maximum Gasteiger partial charge on any atom is 0.303 e. The summed E-state index contributed by atoms with van der Waals surface area (Å²) in [4.78, 5) is 32.0. The van der Waals surface area contributed by atoms with E-state index in [-0.39, 0.29) is 24.5 Å². The zero-order valence-electron chi connectivity index (χ0n) is 22.1. The van der Waals surface area contributed by atoms with E-state index in [0.717, 1.165) is 47.8 Å². The van der Waals surface area contributed by atoms with Gasteiger partial charge in [0.2, 0.25) is 0 Å². The van der Waals surface area contributed by atoms with E-state index < -0.39 is 11.9 Å². The lowest BCUT2D eigenvalue weighted by molar-refractivity contribution is -0.143. The number of carboxylic acid groups (broad SMARTS) is 2. The number of anilines is 1. The largest absolute Gasteiger partial charge is 0.481 e. The second-order valence-electron chi connectivity index (χ2n) is 9.59. The standard InChI is InChI=1S/C27H29ClN2O.C4H6O4/c1-19(21-5-3-2-4-6-21)17-26(31)23-9-7-20(8-10-23)18-30-27-24-14-16-29-15-13-22(24)11-12-25(27)28;5-3(6)1-2-4(7)8/h2-12,19,29-30H,13-18H2,1H3;1-2H2,(H,5,6)(H,7,8)/t19-;/m0./s1. The number of Topliss-reactive ketones (excluding diaryl/α,β-unsaturated/α-hetero) is 1. The minimum Gasteiger partial charge on any atom is -0.481 e. The highest BCUT2D eigenvalue weighted by atomic mass is 35.5. The highest BCUT2D eigenvalue weighted by molar-refractivity contribution is 6.33. The summed E-state index contributed by atoms with van der Waals surface area (Å²) in [5, 5.41) is 23.6. The van der Waals surface area contributed by atoms with Crippen LogP contribution in [0.1, 0.15) is 64.7 Å². The predicted molar refractivity (Wildman–Crippen MR) is 154 cm³/mol. The molecule has 0 aromatic heterocycles. The SMILES string of the molecule is C[C@@H](CC(=O)c1ccc(CNc2c(Cl)ccc3c2CCNCC3)cc1)c1ccccc1.O=C(O)CCC(=O)O. The summed E-state index contributed by atoms with van der Waals surface area (Å²) >= 11 is 6.52. The van der Waals surface area contributed by atoms with E-state index in [9.17, 15) is 14.4 Å². The Hall–Kier alpha value is -3.68. The van der Waals surface area contributed by atoms with Gasteiger partial charge in [-0.25, -0.2) is 0 Å². The first-order chi connectivity index (χ1) is 18.7. The number of carboxylic acids is 2. The minimum absolute atomic E-state index is 0.180. The van der Waals surface area contributed by atoms with Crippen molar-refractivity contribution in [3.8, 4) is 0 Å². The fourth-order valence-electron chi connectivity index (χ4n) is 4.44. The first-order valence-electron chi connectivity index (χ1n) is 13.1. The van der Waals surface area contributed by atoms with Gasteiger partial charge in [0.1, 0.15) is 0 Å². The molecule has 4 N–H and O–H groups in total. The van der Waals surface area contributed by atoms with Gasteiger partial charge in [-0.15, -0.1) is 0 Å². The third-order valence-electron chi connectivity index (χ3n) is 6.64. The molecule has 4 rings (SSSR count). The lowest BCUT2D eigenvalue weighted by Crippen LogP contribution is -2.16. The van der Waals surface area contributed by atoms with Gasteiger partial charge in [-0.05, 0) is 60.2 Å². The van der Waals surface area contributed by atoms with Gasteiger partial charge in [-0.2, -0.15) is 0 Å². The summed E-state index contributed by atoms with van der Waals surface area (Å²) < 4.78 is 0. The third kappa shape index (κ3) is 9.53. The van der Waals surface area contributed by atoms with E-state index in [2.05, 4.69) is 35.8 Å². The fourth-order valence-corrected chi connectivity index (χ4v) is 4.69. The number of hydrogen-bond acceptors (Lipinski definition) is 5. The smallest absolute Gasteiger partial charge is 0.303 e. The average Bonchev–Trinajstić information content (AvgIpc) is 3.18. The normalized spacial score (nSPS) is 13.2. The summed E-state index contributed by atoms with van der Waals surface area (Å²) in [6, 6.07) is 22.3. The molecule has 0 saturated heterocycles. The van der Waals surface area contributed by atoms with Crippen LogP contribution < -0.4 is 10.6 Å². The quantitative estimate of drug-likeness (QED) is 0.230. The molecule has 0 unspecified atom stereocenters. The van der Waals surface area contributed by atoms with E-state index in [4.69, 9.17) is 21.8 Å². The molecule has 1 aliphatic rings. The number of halogens is 1. The van der Waals surface area contributed by atoms with Gasteiger partial charge in [0.05, 0.1) is 23.6 Å². The number of benzene rings is 3. The predicted octanol–water partition coefficient (Wildman–Crippen LogP) is 5.95. The van der Waals surface area contributed by atoms with Crippen molar-refractivity contribution in [3.05, 3.63) is 99.6 Å². The Morgan fingerprint density at radius 1 is 0.897 bits per heavy atom. The van der Waals surface area contributed by atoms with Crippen LogP contribution in [0.4, 0.5) is 5.69 Å². The maximum atomic E-state index is 12.7. The highest BCUT2D eigenvalue weighted by Gasteiger charge is 2.15. The molecule has 0 amide bonds. The molecule has 7 nitrogen and oxygen atoms in total. The summed E-state index contributed by atoms with van der Waals surface area (Å²) in [5.74, 6) is -1.76.